The number of fused-ring (bicyclic) bond motifs is 3. The second kappa shape index (κ2) is 9.77. The maximum Gasteiger partial charge on any atom is 0.135 e. The van der Waals surface area contributed by atoms with Crippen LogP contribution in [0.5, 0.6) is 0 Å². The van der Waals surface area contributed by atoms with Gasteiger partial charge < -0.3 is 14.8 Å². The Bertz CT molecular complexity index is 922. The van der Waals surface area contributed by atoms with Gasteiger partial charge in [-0.2, -0.15) is 24.3 Å². The van der Waals surface area contributed by atoms with Gasteiger partial charge in [-0.1, -0.05) is 29.8 Å². The predicted molar refractivity (Wildman–Crippen MR) is 105 cm³/mol. The molecular weight excluding hydrogens is 516 g/mol. The van der Waals surface area contributed by atoms with Crippen molar-refractivity contribution < 1.29 is 30.3 Å². The molecule has 2 heterocycles. The summed E-state index contributed by atoms with van der Waals surface area (Å²) in [5, 5.41) is 19.6. The standard InChI is InChI=1S/C17H11N2.C5H12O2.Ir/c1-3-9-15-13(7-1)14-8-2-4-10-16(14)19(15)17-11-5-6-12-18-17;1-4(6)3-5(2)7;/h1-9,11-12H;4-7H,3H2,1-2H3;/q-1;;. The van der Waals surface area contributed by atoms with Gasteiger partial charge in [0.05, 0.1) is 12.2 Å². The number of aliphatic hydroxyl groups is 2. The summed E-state index contributed by atoms with van der Waals surface area (Å²) in [5.74, 6) is 0.927. The summed E-state index contributed by atoms with van der Waals surface area (Å²) in [4.78, 5) is 4.46. The van der Waals surface area contributed by atoms with Gasteiger partial charge in [-0.05, 0) is 43.9 Å². The number of benzene rings is 2. The maximum atomic E-state index is 8.56. The van der Waals surface area contributed by atoms with Crippen molar-refractivity contribution in [3.8, 4) is 5.82 Å². The molecule has 1 radical (unpaired) electrons. The summed E-state index contributed by atoms with van der Waals surface area (Å²) in [7, 11) is 0. The minimum absolute atomic E-state index is 0. The molecule has 0 bridgehead atoms. The smallest absolute Gasteiger partial charge is 0.135 e. The molecule has 2 atom stereocenters. The van der Waals surface area contributed by atoms with Crippen molar-refractivity contribution in [2.75, 3.05) is 0 Å². The Morgan fingerprint density at radius 2 is 1.59 bits per heavy atom. The second-order valence-corrected chi connectivity index (χ2v) is 6.41. The van der Waals surface area contributed by atoms with Gasteiger partial charge in [-0.25, -0.2) is 4.98 Å². The number of pyridine rings is 1. The van der Waals surface area contributed by atoms with Crippen molar-refractivity contribution in [3.05, 3.63) is 72.9 Å². The number of rotatable bonds is 3. The molecule has 143 valence electrons. The monoisotopic (exact) mass is 540 g/mol. The van der Waals surface area contributed by atoms with E-state index in [1.54, 1.807) is 13.8 Å². The van der Waals surface area contributed by atoms with E-state index in [9.17, 15) is 0 Å². The Hall–Kier alpha value is -2.04. The number of hydrogen-bond donors (Lipinski definition) is 2. The van der Waals surface area contributed by atoms with E-state index in [2.05, 4.69) is 45.9 Å². The molecular formula is C22H23IrN2O2-. The first-order valence-corrected chi connectivity index (χ1v) is 8.75. The summed E-state index contributed by atoms with van der Waals surface area (Å²) in [6, 6.07) is 23.8. The Morgan fingerprint density at radius 3 is 2.22 bits per heavy atom. The van der Waals surface area contributed by atoms with Crippen molar-refractivity contribution >= 4 is 21.8 Å². The van der Waals surface area contributed by atoms with E-state index >= 15 is 0 Å². The van der Waals surface area contributed by atoms with Crippen molar-refractivity contribution in [1.82, 2.24) is 9.55 Å². The summed E-state index contributed by atoms with van der Waals surface area (Å²) < 4.78 is 2.16. The minimum Gasteiger partial charge on any atom is -0.393 e. The summed E-state index contributed by atoms with van der Waals surface area (Å²) >= 11 is 0. The topological polar surface area (TPSA) is 58.3 Å². The SMILES string of the molecule is CC(O)CC(C)O.[Ir].[c-]1cccc2c3ccccc3n(-c3ccccn3)c12. The average Bonchev–Trinajstić information content (AvgIpc) is 2.96. The van der Waals surface area contributed by atoms with Crippen LogP contribution in [0.15, 0.2) is 66.9 Å². The Labute approximate surface area is 172 Å². The molecule has 4 aromatic rings. The van der Waals surface area contributed by atoms with Gasteiger partial charge in [0, 0.05) is 31.8 Å². The predicted octanol–water partition coefficient (Wildman–Crippen LogP) is 4.11. The molecule has 2 aromatic carbocycles. The first-order chi connectivity index (χ1) is 12.6. The Balaban J connectivity index is 0.000000285. The van der Waals surface area contributed by atoms with Crippen LogP contribution in [0.25, 0.3) is 27.6 Å². The molecule has 27 heavy (non-hydrogen) atoms. The van der Waals surface area contributed by atoms with Crippen molar-refractivity contribution in [1.29, 1.82) is 0 Å². The van der Waals surface area contributed by atoms with Crippen LogP contribution in [0.4, 0.5) is 0 Å². The van der Waals surface area contributed by atoms with Crippen molar-refractivity contribution in [3.63, 3.8) is 0 Å². The van der Waals surface area contributed by atoms with E-state index in [1.807, 2.05) is 36.5 Å². The zero-order chi connectivity index (χ0) is 18.5. The van der Waals surface area contributed by atoms with Crippen LogP contribution in [0.3, 0.4) is 0 Å². The van der Waals surface area contributed by atoms with Gasteiger partial charge in [0.2, 0.25) is 0 Å². The zero-order valence-corrected chi connectivity index (χ0v) is 17.7. The summed E-state index contributed by atoms with van der Waals surface area (Å²) in [6.07, 6.45) is 1.54. The third-order valence-electron chi connectivity index (χ3n) is 4.05. The third kappa shape index (κ3) is 5.02. The molecule has 0 aliphatic rings. The first-order valence-electron chi connectivity index (χ1n) is 8.75. The van der Waals surface area contributed by atoms with E-state index in [0.29, 0.717) is 6.42 Å². The first kappa shape index (κ1) is 21.3. The molecule has 0 aliphatic carbocycles. The normalized spacial score (nSPS) is 12.7. The number of aromatic nitrogens is 2. The molecule has 2 aromatic heterocycles. The molecule has 0 fully saturated rings. The fourth-order valence-electron chi connectivity index (χ4n) is 3.06. The van der Waals surface area contributed by atoms with E-state index in [0.717, 1.165) is 11.3 Å². The van der Waals surface area contributed by atoms with Gasteiger partial charge >= 0.3 is 0 Å². The van der Waals surface area contributed by atoms with Gasteiger partial charge in [0.25, 0.3) is 0 Å². The minimum atomic E-state index is -0.375. The van der Waals surface area contributed by atoms with Crippen LogP contribution in [-0.4, -0.2) is 32.0 Å². The average molecular weight is 540 g/mol. The molecule has 0 saturated heterocycles. The molecule has 0 saturated carbocycles. The van der Waals surface area contributed by atoms with Gasteiger partial charge in [0.1, 0.15) is 5.82 Å². The number of hydrogen-bond acceptors (Lipinski definition) is 3. The summed E-state index contributed by atoms with van der Waals surface area (Å²) in [6.45, 7) is 3.32. The third-order valence-corrected chi connectivity index (χ3v) is 4.05. The number of nitrogens with zero attached hydrogens (tertiary/aromatic N) is 2. The van der Waals surface area contributed by atoms with Crippen LogP contribution in [0.2, 0.25) is 0 Å². The van der Waals surface area contributed by atoms with Crippen molar-refractivity contribution in [2.24, 2.45) is 0 Å². The van der Waals surface area contributed by atoms with Crippen molar-refractivity contribution in [2.45, 2.75) is 32.5 Å². The molecule has 2 N–H and O–H groups in total. The van der Waals surface area contributed by atoms with Crippen LogP contribution < -0.4 is 0 Å². The number of aliphatic hydroxyl groups excluding tert-OH is 2. The summed E-state index contributed by atoms with van der Waals surface area (Å²) in [5.41, 5.74) is 2.24. The molecule has 2 unspecified atom stereocenters. The van der Waals surface area contributed by atoms with Gasteiger partial charge in [-0.3, -0.25) is 0 Å². The van der Waals surface area contributed by atoms with Crippen LogP contribution in [0, 0.1) is 6.07 Å². The van der Waals surface area contributed by atoms with Gasteiger partial charge in [0.15, 0.2) is 0 Å². The fourth-order valence-corrected chi connectivity index (χ4v) is 3.06. The molecule has 4 rings (SSSR count). The van der Waals surface area contributed by atoms with Crippen LogP contribution >= 0.6 is 0 Å². The molecule has 5 heteroatoms. The van der Waals surface area contributed by atoms with Crippen LogP contribution in [0.1, 0.15) is 20.3 Å². The fraction of sp³-hybridized carbons (Fsp3) is 0.227. The van der Waals surface area contributed by atoms with E-state index < -0.39 is 0 Å². The second-order valence-electron chi connectivity index (χ2n) is 6.41. The number of para-hydroxylation sites is 2. The Morgan fingerprint density at radius 1 is 0.926 bits per heavy atom. The quantitative estimate of drug-likeness (QED) is 0.386. The molecule has 0 aliphatic heterocycles. The van der Waals surface area contributed by atoms with E-state index in [-0.39, 0.29) is 32.3 Å². The zero-order valence-electron chi connectivity index (χ0n) is 15.3. The Kier molecular flexibility index (Phi) is 7.69. The maximum absolute atomic E-state index is 8.56. The molecule has 4 nitrogen and oxygen atoms in total. The van der Waals surface area contributed by atoms with E-state index in [1.165, 1.54) is 16.3 Å². The van der Waals surface area contributed by atoms with E-state index in [4.69, 9.17) is 10.2 Å². The largest absolute Gasteiger partial charge is 0.393 e. The van der Waals surface area contributed by atoms with Gasteiger partial charge in [-0.15, -0.1) is 5.39 Å². The molecule has 0 spiro atoms. The molecule has 0 amide bonds. The van der Waals surface area contributed by atoms with Crippen LogP contribution in [-0.2, 0) is 20.1 Å².